The van der Waals surface area contributed by atoms with Crippen LogP contribution in [0.15, 0.2) is 78.4 Å². The first kappa shape index (κ1) is 23.3. The number of carbonyl (C=O) groups is 1. The van der Waals surface area contributed by atoms with E-state index in [0.717, 1.165) is 62.1 Å². The SMILES string of the molecule is [C-]#[N+]c1cc(C)ccc1/C(CC)=C(/C1=C(Cl)c2ccccc2C1)c1ccc(/C=C/C(=O)O)cc1. The van der Waals surface area contributed by atoms with Gasteiger partial charge in [0.2, 0.25) is 0 Å². The van der Waals surface area contributed by atoms with Gasteiger partial charge in [-0.1, -0.05) is 90.8 Å². The maximum atomic E-state index is 10.9. The second-order valence-electron chi connectivity index (χ2n) is 8.26. The van der Waals surface area contributed by atoms with Crippen LogP contribution in [0.5, 0.6) is 0 Å². The molecule has 0 aliphatic heterocycles. The van der Waals surface area contributed by atoms with Gasteiger partial charge in [-0.05, 0) is 64.0 Å². The maximum Gasteiger partial charge on any atom is 0.328 e. The lowest BCUT2D eigenvalue weighted by Gasteiger charge is -2.19. The van der Waals surface area contributed by atoms with Crippen molar-refractivity contribution in [3.63, 3.8) is 0 Å². The lowest BCUT2D eigenvalue weighted by atomic mass is 9.86. The topological polar surface area (TPSA) is 41.7 Å². The number of rotatable bonds is 6. The van der Waals surface area contributed by atoms with E-state index in [1.165, 1.54) is 5.56 Å². The van der Waals surface area contributed by atoms with Gasteiger partial charge >= 0.3 is 5.97 Å². The van der Waals surface area contributed by atoms with Crippen molar-refractivity contribution >= 4 is 45.5 Å². The van der Waals surface area contributed by atoms with Crippen LogP contribution in [0.1, 0.15) is 46.7 Å². The Bertz CT molecular complexity index is 1400. The number of fused-ring (bicyclic) bond motifs is 1. The third-order valence-corrected chi connectivity index (χ3v) is 6.49. The number of allylic oxidation sites excluding steroid dienone is 3. The third-order valence-electron chi connectivity index (χ3n) is 6.06. The quantitative estimate of drug-likeness (QED) is 0.226. The van der Waals surface area contributed by atoms with Crippen molar-refractivity contribution in [2.45, 2.75) is 26.7 Å². The first-order valence-electron chi connectivity index (χ1n) is 11.1. The average molecular weight is 466 g/mol. The Morgan fingerprint density at radius 1 is 1.12 bits per heavy atom. The molecule has 3 aromatic carbocycles. The molecule has 0 unspecified atom stereocenters. The Balaban J connectivity index is 1.96. The minimum atomic E-state index is -0.982. The first-order chi connectivity index (χ1) is 16.4. The third kappa shape index (κ3) is 4.59. The highest BCUT2D eigenvalue weighted by Gasteiger charge is 2.26. The number of nitrogens with zero attached hydrogens (tertiary/aromatic N) is 1. The predicted octanol–water partition coefficient (Wildman–Crippen LogP) is 8.17. The van der Waals surface area contributed by atoms with Crippen molar-refractivity contribution in [1.29, 1.82) is 0 Å². The zero-order valence-electron chi connectivity index (χ0n) is 19.1. The van der Waals surface area contributed by atoms with Gasteiger partial charge in [0.05, 0.1) is 11.6 Å². The summed E-state index contributed by atoms with van der Waals surface area (Å²) < 4.78 is 0. The molecule has 0 bridgehead atoms. The van der Waals surface area contributed by atoms with Crippen LogP contribution in [0.2, 0.25) is 0 Å². The molecule has 3 aromatic rings. The van der Waals surface area contributed by atoms with Gasteiger partial charge in [-0.15, -0.1) is 0 Å². The Labute approximate surface area is 205 Å². The molecule has 0 heterocycles. The Morgan fingerprint density at radius 2 is 1.85 bits per heavy atom. The van der Waals surface area contributed by atoms with Gasteiger partial charge in [0, 0.05) is 12.5 Å². The molecule has 0 spiro atoms. The molecule has 4 heteroatoms. The van der Waals surface area contributed by atoms with E-state index in [4.69, 9.17) is 23.3 Å². The van der Waals surface area contributed by atoms with E-state index < -0.39 is 5.97 Å². The molecular weight excluding hydrogens is 442 g/mol. The molecule has 1 aliphatic rings. The molecule has 0 fully saturated rings. The van der Waals surface area contributed by atoms with Crippen LogP contribution >= 0.6 is 11.6 Å². The van der Waals surface area contributed by atoms with Crippen molar-refractivity contribution in [2.75, 3.05) is 0 Å². The van der Waals surface area contributed by atoms with E-state index in [9.17, 15) is 4.79 Å². The number of carboxylic acids is 1. The van der Waals surface area contributed by atoms with Crippen molar-refractivity contribution in [3.05, 3.63) is 123 Å². The largest absolute Gasteiger partial charge is 0.478 e. The first-order valence-corrected chi connectivity index (χ1v) is 11.5. The number of benzene rings is 3. The highest BCUT2D eigenvalue weighted by molar-refractivity contribution is 6.51. The van der Waals surface area contributed by atoms with Crippen molar-refractivity contribution < 1.29 is 9.90 Å². The summed E-state index contributed by atoms with van der Waals surface area (Å²) in [6.07, 6.45) is 4.15. The Kier molecular flexibility index (Phi) is 6.82. The van der Waals surface area contributed by atoms with Crippen LogP contribution < -0.4 is 0 Å². The van der Waals surface area contributed by atoms with E-state index in [0.29, 0.717) is 12.1 Å². The zero-order valence-corrected chi connectivity index (χ0v) is 19.9. The molecule has 1 aliphatic carbocycles. The van der Waals surface area contributed by atoms with Gasteiger partial charge in [0.15, 0.2) is 5.69 Å². The van der Waals surface area contributed by atoms with Gasteiger partial charge in [-0.3, -0.25) is 0 Å². The molecule has 0 saturated carbocycles. The van der Waals surface area contributed by atoms with E-state index in [1.54, 1.807) is 6.08 Å². The van der Waals surface area contributed by atoms with Crippen LogP contribution in [-0.2, 0) is 11.2 Å². The van der Waals surface area contributed by atoms with Gasteiger partial charge in [-0.2, -0.15) is 0 Å². The van der Waals surface area contributed by atoms with E-state index >= 15 is 0 Å². The van der Waals surface area contributed by atoms with Crippen LogP contribution in [0.3, 0.4) is 0 Å². The molecule has 0 amide bonds. The summed E-state index contributed by atoms with van der Waals surface area (Å²) in [6, 6.07) is 22.0. The number of hydrogen-bond donors (Lipinski definition) is 1. The number of hydrogen-bond acceptors (Lipinski definition) is 1. The predicted molar refractivity (Wildman–Crippen MR) is 141 cm³/mol. The fourth-order valence-corrected chi connectivity index (χ4v) is 4.81. The summed E-state index contributed by atoms with van der Waals surface area (Å²) in [4.78, 5) is 14.7. The minimum Gasteiger partial charge on any atom is -0.478 e. The minimum absolute atomic E-state index is 0.627. The Hall–Kier alpha value is -3.87. The standard InChI is InChI=1S/C30H24ClNO2/c1-4-23(25-15-9-19(2)17-27(25)32-3)29(21-13-10-20(11-14-21)12-16-28(33)34)26-18-22-7-5-6-8-24(22)30(26)31/h5-17H,4,18H2,1-2H3,(H,33,34)/b16-12+,29-23+. The molecule has 0 radical (unpaired) electrons. The summed E-state index contributed by atoms with van der Waals surface area (Å²) >= 11 is 6.97. The lowest BCUT2D eigenvalue weighted by Crippen LogP contribution is -1.98. The van der Waals surface area contributed by atoms with Gasteiger partial charge in [0.25, 0.3) is 0 Å². The van der Waals surface area contributed by atoms with Gasteiger partial charge < -0.3 is 5.11 Å². The highest BCUT2D eigenvalue weighted by Crippen LogP contribution is 2.46. The van der Waals surface area contributed by atoms with Gasteiger partial charge in [-0.25, -0.2) is 9.64 Å². The van der Waals surface area contributed by atoms with Crippen molar-refractivity contribution in [1.82, 2.24) is 0 Å². The second-order valence-corrected chi connectivity index (χ2v) is 8.64. The molecule has 1 N–H and O–H groups in total. The molecule has 168 valence electrons. The average Bonchev–Trinajstić information content (AvgIpc) is 3.18. The number of carboxylic acid groups (broad SMARTS) is 1. The summed E-state index contributed by atoms with van der Waals surface area (Å²) in [6.45, 7) is 11.9. The molecule has 0 aromatic heterocycles. The van der Waals surface area contributed by atoms with E-state index in [2.05, 4.69) is 17.8 Å². The molecule has 3 nitrogen and oxygen atoms in total. The van der Waals surface area contributed by atoms with Crippen LogP contribution in [0.25, 0.3) is 27.1 Å². The zero-order chi connectivity index (χ0) is 24.2. The maximum absolute atomic E-state index is 10.9. The molecule has 4 rings (SSSR count). The number of aliphatic carboxylic acids is 1. The molecule has 0 atom stereocenters. The normalized spacial score (nSPS) is 13.6. The van der Waals surface area contributed by atoms with Gasteiger partial charge in [0.1, 0.15) is 0 Å². The fraction of sp³-hybridized carbons (Fsp3) is 0.133. The molecular formula is C30H24ClNO2. The van der Waals surface area contributed by atoms with Crippen molar-refractivity contribution in [3.8, 4) is 0 Å². The summed E-state index contributed by atoms with van der Waals surface area (Å²) in [5.74, 6) is -0.982. The van der Waals surface area contributed by atoms with E-state index in [-0.39, 0.29) is 0 Å². The van der Waals surface area contributed by atoms with E-state index in [1.807, 2.05) is 67.6 Å². The van der Waals surface area contributed by atoms with Crippen LogP contribution in [-0.4, -0.2) is 11.1 Å². The van der Waals surface area contributed by atoms with Crippen molar-refractivity contribution in [2.24, 2.45) is 0 Å². The molecule has 34 heavy (non-hydrogen) atoms. The number of aryl methyl sites for hydroxylation is 1. The fourth-order valence-electron chi connectivity index (χ4n) is 4.47. The summed E-state index contributed by atoms with van der Waals surface area (Å²) in [5.41, 5.74) is 9.76. The Morgan fingerprint density at radius 3 is 2.50 bits per heavy atom. The number of halogens is 1. The summed E-state index contributed by atoms with van der Waals surface area (Å²) in [5, 5.41) is 9.68. The monoisotopic (exact) mass is 465 g/mol. The highest BCUT2D eigenvalue weighted by atomic mass is 35.5. The van der Waals surface area contributed by atoms with Crippen LogP contribution in [0.4, 0.5) is 5.69 Å². The smallest absolute Gasteiger partial charge is 0.328 e. The lowest BCUT2D eigenvalue weighted by molar-refractivity contribution is -0.131. The molecule has 0 saturated heterocycles. The second kappa shape index (κ2) is 9.95. The summed E-state index contributed by atoms with van der Waals surface area (Å²) in [7, 11) is 0. The van der Waals surface area contributed by atoms with Crippen LogP contribution in [0, 0.1) is 13.5 Å².